The van der Waals surface area contributed by atoms with Gasteiger partial charge in [-0.25, -0.2) is 9.59 Å². The lowest BCUT2D eigenvalue weighted by Crippen LogP contribution is -2.30. The van der Waals surface area contributed by atoms with Crippen molar-refractivity contribution >= 4 is 11.9 Å². The number of esters is 2. The van der Waals surface area contributed by atoms with Gasteiger partial charge in [0, 0.05) is 13.1 Å². The van der Waals surface area contributed by atoms with Crippen LogP contribution in [0.3, 0.4) is 0 Å². The van der Waals surface area contributed by atoms with Crippen LogP contribution in [-0.2, 0) is 22.4 Å². The minimum atomic E-state index is -0.534. The predicted octanol–water partition coefficient (Wildman–Crippen LogP) is 2.91. The van der Waals surface area contributed by atoms with E-state index in [1.807, 2.05) is 37.4 Å². The molecule has 0 amide bonds. The molecule has 1 heterocycles. The zero-order chi connectivity index (χ0) is 18.0. The molecule has 0 atom stereocenters. The maximum Gasteiger partial charge on any atom is 0.339 e. The first-order valence-electron chi connectivity index (χ1n) is 8.16. The number of hydrogen-bond donors (Lipinski definition) is 0. The Bertz CT molecular complexity index is 814. The van der Waals surface area contributed by atoms with Crippen LogP contribution in [0.5, 0.6) is 0 Å². The lowest BCUT2D eigenvalue weighted by Gasteiger charge is -2.29. The van der Waals surface area contributed by atoms with Gasteiger partial charge in [-0.05, 0) is 41.8 Å². The van der Waals surface area contributed by atoms with Gasteiger partial charge in [0.05, 0.1) is 25.3 Å². The number of ether oxygens (including phenoxy) is 2. The second-order valence-electron chi connectivity index (χ2n) is 6.14. The Hall–Kier alpha value is -2.66. The molecule has 0 aliphatic carbocycles. The fourth-order valence-electron chi connectivity index (χ4n) is 3.37. The molecule has 0 saturated heterocycles. The lowest BCUT2D eigenvalue weighted by atomic mass is 9.85. The molecule has 1 aliphatic heterocycles. The molecule has 3 rings (SSSR count). The number of nitrogens with zero attached hydrogens (tertiary/aromatic N) is 1. The van der Waals surface area contributed by atoms with Crippen molar-refractivity contribution in [3.8, 4) is 11.1 Å². The third-order valence-corrected chi connectivity index (χ3v) is 4.60. The van der Waals surface area contributed by atoms with Crippen LogP contribution >= 0.6 is 0 Å². The zero-order valence-corrected chi connectivity index (χ0v) is 14.7. The highest BCUT2D eigenvalue weighted by atomic mass is 16.5. The van der Waals surface area contributed by atoms with E-state index in [0.717, 1.165) is 35.2 Å². The summed E-state index contributed by atoms with van der Waals surface area (Å²) in [4.78, 5) is 26.9. The first kappa shape index (κ1) is 17.2. The van der Waals surface area contributed by atoms with Crippen LogP contribution in [0.1, 0.15) is 31.8 Å². The molecule has 0 spiro atoms. The Morgan fingerprint density at radius 1 is 1.00 bits per heavy atom. The summed E-state index contributed by atoms with van der Waals surface area (Å²) in [5.41, 5.74) is 4.50. The minimum Gasteiger partial charge on any atom is -0.465 e. The number of rotatable bonds is 3. The van der Waals surface area contributed by atoms with E-state index in [1.54, 1.807) is 6.07 Å². The summed E-state index contributed by atoms with van der Waals surface area (Å²) in [6, 6.07) is 11.6. The van der Waals surface area contributed by atoms with Crippen LogP contribution in [0.25, 0.3) is 11.1 Å². The van der Waals surface area contributed by atoms with Gasteiger partial charge in [-0.15, -0.1) is 0 Å². The van der Waals surface area contributed by atoms with Gasteiger partial charge in [-0.3, -0.25) is 0 Å². The average Bonchev–Trinajstić information content (AvgIpc) is 2.65. The van der Waals surface area contributed by atoms with Gasteiger partial charge < -0.3 is 14.4 Å². The molecule has 0 unspecified atom stereocenters. The highest BCUT2D eigenvalue weighted by molar-refractivity contribution is 6.06. The third kappa shape index (κ3) is 3.15. The Morgan fingerprint density at radius 2 is 1.68 bits per heavy atom. The fraction of sp³-hybridized carbons (Fsp3) is 0.300. The first-order valence-corrected chi connectivity index (χ1v) is 8.16. The molecule has 0 bridgehead atoms. The monoisotopic (exact) mass is 339 g/mol. The second kappa shape index (κ2) is 7.07. The van der Waals surface area contributed by atoms with Crippen molar-refractivity contribution in [2.75, 3.05) is 27.8 Å². The maximum atomic E-state index is 12.4. The third-order valence-electron chi connectivity index (χ3n) is 4.60. The van der Waals surface area contributed by atoms with Crippen molar-refractivity contribution < 1.29 is 19.1 Å². The van der Waals surface area contributed by atoms with E-state index in [1.165, 1.54) is 14.2 Å². The summed E-state index contributed by atoms with van der Waals surface area (Å²) in [7, 11) is 4.64. The Kier molecular flexibility index (Phi) is 4.86. The van der Waals surface area contributed by atoms with Crippen LogP contribution in [0.2, 0.25) is 0 Å². The largest absolute Gasteiger partial charge is 0.465 e. The maximum absolute atomic E-state index is 12.4. The Labute approximate surface area is 147 Å². The molecule has 25 heavy (non-hydrogen) atoms. The molecule has 0 N–H and O–H groups in total. The SMILES string of the molecule is COC(=O)c1cc(-c2ccccc2)c2c(c1C(=O)OC)CN(C)CC2. The quantitative estimate of drug-likeness (QED) is 0.805. The van der Waals surface area contributed by atoms with Crippen molar-refractivity contribution in [1.29, 1.82) is 0 Å². The van der Waals surface area contributed by atoms with E-state index in [-0.39, 0.29) is 5.56 Å². The topological polar surface area (TPSA) is 55.8 Å². The van der Waals surface area contributed by atoms with Gasteiger partial charge in [0.25, 0.3) is 0 Å². The van der Waals surface area contributed by atoms with E-state index < -0.39 is 11.9 Å². The van der Waals surface area contributed by atoms with Crippen molar-refractivity contribution in [1.82, 2.24) is 4.90 Å². The van der Waals surface area contributed by atoms with Crippen LogP contribution in [0, 0.1) is 0 Å². The van der Waals surface area contributed by atoms with Crippen molar-refractivity contribution in [2.45, 2.75) is 13.0 Å². The lowest BCUT2D eigenvalue weighted by molar-refractivity contribution is 0.0553. The molecule has 2 aromatic rings. The summed E-state index contributed by atoms with van der Waals surface area (Å²) in [5.74, 6) is -1.04. The molecule has 1 aliphatic rings. The standard InChI is InChI=1S/C20H21NO4/c1-21-10-9-14-15(13-7-5-4-6-8-13)11-16(19(22)24-2)18(17(14)12-21)20(23)25-3/h4-8,11H,9-10,12H2,1-3H3. The zero-order valence-electron chi connectivity index (χ0n) is 14.7. The van der Waals surface area contributed by atoms with E-state index >= 15 is 0 Å². The van der Waals surface area contributed by atoms with Crippen LogP contribution < -0.4 is 0 Å². The number of hydrogen-bond acceptors (Lipinski definition) is 5. The van der Waals surface area contributed by atoms with Crippen molar-refractivity contribution in [2.24, 2.45) is 0 Å². The second-order valence-corrected chi connectivity index (χ2v) is 6.14. The van der Waals surface area contributed by atoms with Gasteiger partial charge >= 0.3 is 11.9 Å². The summed E-state index contributed by atoms with van der Waals surface area (Å²) >= 11 is 0. The molecule has 0 radical (unpaired) electrons. The molecule has 2 aromatic carbocycles. The Balaban J connectivity index is 2.33. The molecular weight excluding hydrogens is 318 g/mol. The summed E-state index contributed by atoms with van der Waals surface area (Å²) < 4.78 is 9.87. The molecule has 5 heteroatoms. The predicted molar refractivity (Wildman–Crippen MR) is 94.6 cm³/mol. The van der Waals surface area contributed by atoms with Gasteiger partial charge in [0.2, 0.25) is 0 Å². The number of carbonyl (C=O) groups excluding carboxylic acids is 2. The van der Waals surface area contributed by atoms with Crippen LogP contribution in [0.4, 0.5) is 0 Å². The number of fused-ring (bicyclic) bond motifs is 1. The summed E-state index contributed by atoms with van der Waals surface area (Å²) in [6.07, 6.45) is 0.807. The molecule has 130 valence electrons. The van der Waals surface area contributed by atoms with Crippen LogP contribution in [0.15, 0.2) is 36.4 Å². The first-order chi connectivity index (χ1) is 12.1. The van der Waals surface area contributed by atoms with E-state index in [4.69, 9.17) is 9.47 Å². The van der Waals surface area contributed by atoms with Crippen molar-refractivity contribution in [3.63, 3.8) is 0 Å². The highest BCUT2D eigenvalue weighted by Crippen LogP contribution is 2.35. The summed E-state index contributed by atoms with van der Waals surface area (Å²) in [5, 5.41) is 0. The average molecular weight is 339 g/mol. The minimum absolute atomic E-state index is 0.252. The fourth-order valence-corrected chi connectivity index (χ4v) is 3.37. The number of benzene rings is 2. The van der Waals surface area contributed by atoms with E-state index in [0.29, 0.717) is 12.1 Å². The normalized spacial score (nSPS) is 13.9. The van der Waals surface area contributed by atoms with Crippen molar-refractivity contribution in [3.05, 3.63) is 58.7 Å². The van der Waals surface area contributed by atoms with Gasteiger partial charge in [0.15, 0.2) is 0 Å². The number of carbonyl (C=O) groups is 2. The Morgan fingerprint density at radius 3 is 2.32 bits per heavy atom. The van der Waals surface area contributed by atoms with E-state index in [9.17, 15) is 9.59 Å². The molecule has 0 fully saturated rings. The summed E-state index contributed by atoms with van der Waals surface area (Å²) in [6.45, 7) is 1.48. The molecule has 0 saturated carbocycles. The molecular formula is C20H21NO4. The highest BCUT2D eigenvalue weighted by Gasteiger charge is 2.30. The number of methoxy groups -OCH3 is 2. The van der Waals surface area contributed by atoms with Gasteiger partial charge in [-0.1, -0.05) is 30.3 Å². The molecule has 5 nitrogen and oxygen atoms in total. The van der Waals surface area contributed by atoms with Gasteiger partial charge in [0.1, 0.15) is 0 Å². The van der Waals surface area contributed by atoms with Crippen LogP contribution in [-0.4, -0.2) is 44.7 Å². The van der Waals surface area contributed by atoms with E-state index in [2.05, 4.69) is 4.90 Å². The smallest absolute Gasteiger partial charge is 0.339 e. The molecule has 0 aromatic heterocycles. The number of likely N-dealkylation sites (N-methyl/N-ethyl adjacent to an activating group) is 1. The van der Waals surface area contributed by atoms with Gasteiger partial charge in [-0.2, -0.15) is 0 Å².